The fraction of sp³-hybridized carbons (Fsp3) is 0.0169. The fourth-order valence-electron chi connectivity index (χ4n) is 10.4. The number of fused-ring (bicyclic) bond motifs is 12. The van der Waals surface area contributed by atoms with Crippen LogP contribution in [0.25, 0.3) is 44.2 Å². The first-order chi connectivity index (χ1) is 30.3. The minimum absolute atomic E-state index is 0.543. The Morgan fingerprint density at radius 2 is 0.738 bits per heavy atom. The fourth-order valence-corrected chi connectivity index (χ4v) is 10.4. The maximum atomic E-state index is 2.52. The molecule has 1 unspecified atom stereocenters. The van der Waals surface area contributed by atoms with Gasteiger partial charge < -0.3 is 9.80 Å². The van der Waals surface area contributed by atoms with Gasteiger partial charge in [-0.25, -0.2) is 0 Å². The van der Waals surface area contributed by atoms with Gasteiger partial charge in [-0.1, -0.05) is 176 Å². The predicted octanol–water partition coefficient (Wildman–Crippen LogP) is 15.8. The average Bonchev–Trinajstić information content (AvgIpc) is 3.80. The molecule has 2 nitrogen and oxygen atoms in total. The Labute approximate surface area is 356 Å². The summed E-state index contributed by atoms with van der Waals surface area (Å²) in [6.45, 7) is 0. The molecule has 12 rings (SSSR count). The van der Waals surface area contributed by atoms with Gasteiger partial charge in [-0.3, -0.25) is 0 Å². The Morgan fingerprint density at radius 1 is 0.262 bits per heavy atom. The van der Waals surface area contributed by atoms with Crippen molar-refractivity contribution in [3.8, 4) is 33.4 Å². The molecule has 0 aromatic heterocycles. The largest absolute Gasteiger partial charge is 0.310 e. The predicted molar refractivity (Wildman–Crippen MR) is 255 cm³/mol. The van der Waals surface area contributed by atoms with Crippen molar-refractivity contribution in [2.24, 2.45) is 0 Å². The number of hydrogen-bond donors (Lipinski definition) is 0. The average molecular weight is 777 g/mol. The molecule has 1 spiro atoms. The highest BCUT2D eigenvalue weighted by molar-refractivity contribution is 6.12. The van der Waals surface area contributed by atoms with Gasteiger partial charge in [0.2, 0.25) is 0 Å². The lowest BCUT2D eigenvalue weighted by molar-refractivity contribution is 0.794. The van der Waals surface area contributed by atoms with Gasteiger partial charge in [-0.15, -0.1) is 0 Å². The second kappa shape index (κ2) is 14.1. The van der Waals surface area contributed by atoms with Crippen LogP contribution in [0, 0.1) is 0 Å². The molecular weight excluding hydrogens is 737 g/mol. The molecule has 0 fully saturated rings. The van der Waals surface area contributed by atoms with Crippen LogP contribution in [0.3, 0.4) is 0 Å². The van der Waals surface area contributed by atoms with E-state index in [1.807, 2.05) is 0 Å². The molecule has 0 heterocycles. The third kappa shape index (κ3) is 5.36. The molecule has 0 saturated carbocycles. The summed E-state index contributed by atoms with van der Waals surface area (Å²) in [6.07, 6.45) is 0. The van der Waals surface area contributed by atoms with Gasteiger partial charge in [0.25, 0.3) is 0 Å². The number of benzene rings is 10. The quantitative estimate of drug-likeness (QED) is 0.159. The maximum Gasteiger partial charge on any atom is 0.0726 e. The van der Waals surface area contributed by atoms with Gasteiger partial charge >= 0.3 is 0 Å². The van der Waals surface area contributed by atoms with Crippen LogP contribution in [0.4, 0.5) is 34.1 Å². The molecule has 286 valence electrons. The third-order valence-corrected chi connectivity index (χ3v) is 12.8. The molecule has 0 N–H and O–H groups in total. The summed E-state index contributed by atoms with van der Waals surface area (Å²) in [5.41, 5.74) is 19.0. The van der Waals surface area contributed by atoms with Crippen LogP contribution in [0.2, 0.25) is 0 Å². The highest BCUT2D eigenvalue weighted by Crippen LogP contribution is 2.65. The second-order valence-electron chi connectivity index (χ2n) is 16.0. The first-order valence-electron chi connectivity index (χ1n) is 21.1. The number of rotatable bonds is 7. The zero-order chi connectivity index (χ0) is 40.3. The summed E-state index contributed by atoms with van der Waals surface area (Å²) in [7, 11) is 0. The number of nitrogens with zero attached hydrogens (tertiary/aromatic N) is 2. The van der Waals surface area contributed by atoms with Gasteiger partial charge in [0.1, 0.15) is 0 Å². The van der Waals surface area contributed by atoms with Crippen molar-refractivity contribution in [3.05, 3.63) is 265 Å². The summed E-state index contributed by atoms with van der Waals surface area (Å²) in [5, 5.41) is 2.48. The van der Waals surface area contributed by atoms with E-state index in [0.29, 0.717) is 0 Å². The van der Waals surface area contributed by atoms with Gasteiger partial charge in [0.05, 0.1) is 11.1 Å². The SMILES string of the molecule is c1ccc(-c2cccc(N(c3ccccc3)c3ccc4c(c3)-c3ccccc3C43c4ccccc4-c4c3cc(N(c3ccccc3)c3ccccc3)c3ccccc43)c2)cc1. The first kappa shape index (κ1) is 35.0. The molecule has 2 heteroatoms. The van der Waals surface area contributed by atoms with E-state index in [9.17, 15) is 0 Å². The van der Waals surface area contributed by atoms with Crippen LogP contribution in [0.1, 0.15) is 22.3 Å². The standard InChI is InChI=1S/C59H40N2/c1-5-20-41(21-6-1)42-22-19-29-46(38-42)60(43-23-7-2-8-24-43)47-36-37-55-52(39-47)48-30-15-17-34-53(48)59(55)54-35-18-16-33-51(54)58-50-32-14-13-31-49(50)57(40-56(58)59)61(44-25-9-3-10-26-44)45-27-11-4-12-28-45/h1-40H. The normalized spacial score (nSPS) is 14.3. The monoisotopic (exact) mass is 776 g/mol. The molecule has 10 aromatic rings. The molecule has 1 atom stereocenters. The summed E-state index contributed by atoms with van der Waals surface area (Å²) in [4.78, 5) is 4.84. The van der Waals surface area contributed by atoms with E-state index in [1.165, 1.54) is 66.4 Å². The van der Waals surface area contributed by atoms with Gasteiger partial charge in [-0.05, 0) is 128 Å². The van der Waals surface area contributed by atoms with Crippen LogP contribution < -0.4 is 9.80 Å². The molecule has 0 saturated heterocycles. The smallest absolute Gasteiger partial charge is 0.0726 e. The van der Waals surface area contributed by atoms with Crippen molar-refractivity contribution in [2.45, 2.75) is 5.41 Å². The Hall–Kier alpha value is -7.94. The Kier molecular flexibility index (Phi) is 8.11. The summed E-state index contributed by atoms with van der Waals surface area (Å²) in [5.74, 6) is 0. The highest BCUT2D eigenvalue weighted by atomic mass is 15.1. The van der Waals surface area contributed by atoms with Crippen LogP contribution >= 0.6 is 0 Å². The Balaban J connectivity index is 1.13. The van der Waals surface area contributed by atoms with Crippen molar-refractivity contribution >= 4 is 44.9 Å². The molecular formula is C59H40N2. The van der Waals surface area contributed by atoms with E-state index in [4.69, 9.17) is 0 Å². The number of hydrogen-bond acceptors (Lipinski definition) is 2. The van der Waals surface area contributed by atoms with Crippen molar-refractivity contribution in [1.82, 2.24) is 0 Å². The molecule has 2 aliphatic carbocycles. The first-order valence-corrected chi connectivity index (χ1v) is 21.1. The van der Waals surface area contributed by atoms with Crippen molar-refractivity contribution in [2.75, 3.05) is 9.80 Å². The van der Waals surface area contributed by atoms with E-state index < -0.39 is 5.41 Å². The second-order valence-corrected chi connectivity index (χ2v) is 16.0. The van der Waals surface area contributed by atoms with Gasteiger partial charge in [0.15, 0.2) is 0 Å². The Bertz CT molecular complexity index is 3210. The lowest BCUT2D eigenvalue weighted by Gasteiger charge is -2.33. The van der Waals surface area contributed by atoms with Gasteiger partial charge in [0, 0.05) is 33.8 Å². The lowest BCUT2D eigenvalue weighted by atomic mass is 9.70. The van der Waals surface area contributed by atoms with E-state index in [1.54, 1.807) is 0 Å². The molecule has 2 aliphatic rings. The van der Waals surface area contributed by atoms with E-state index in [-0.39, 0.29) is 0 Å². The molecule has 61 heavy (non-hydrogen) atoms. The topological polar surface area (TPSA) is 6.48 Å². The number of para-hydroxylation sites is 3. The summed E-state index contributed by atoms with van der Waals surface area (Å²) in [6, 6.07) is 88.9. The van der Waals surface area contributed by atoms with Crippen LogP contribution in [-0.4, -0.2) is 0 Å². The van der Waals surface area contributed by atoms with E-state index in [2.05, 4.69) is 252 Å². The van der Waals surface area contributed by atoms with E-state index >= 15 is 0 Å². The zero-order valence-corrected chi connectivity index (χ0v) is 33.5. The summed E-state index contributed by atoms with van der Waals surface area (Å²) >= 11 is 0. The lowest BCUT2D eigenvalue weighted by Crippen LogP contribution is -2.26. The minimum atomic E-state index is -0.543. The van der Waals surface area contributed by atoms with Crippen LogP contribution in [0.5, 0.6) is 0 Å². The molecule has 10 aromatic carbocycles. The minimum Gasteiger partial charge on any atom is -0.310 e. The zero-order valence-electron chi connectivity index (χ0n) is 33.5. The molecule has 0 radical (unpaired) electrons. The maximum absolute atomic E-state index is 2.52. The highest BCUT2D eigenvalue weighted by Gasteiger charge is 2.52. The Morgan fingerprint density at radius 3 is 1.41 bits per heavy atom. The molecule has 0 amide bonds. The molecule has 0 bridgehead atoms. The van der Waals surface area contributed by atoms with Crippen LogP contribution in [0.15, 0.2) is 243 Å². The third-order valence-electron chi connectivity index (χ3n) is 12.8. The molecule has 0 aliphatic heterocycles. The van der Waals surface area contributed by atoms with E-state index in [0.717, 1.165) is 34.1 Å². The van der Waals surface area contributed by atoms with Crippen molar-refractivity contribution in [3.63, 3.8) is 0 Å². The van der Waals surface area contributed by atoms with Crippen LogP contribution in [-0.2, 0) is 5.41 Å². The van der Waals surface area contributed by atoms with Crippen molar-refractivity contribution in [1.29, 1.82) is 0 Å². The van der Waals surface area contributed by atoms with Gasteiger partial charge in [-0.2, -0.15) is 0 Å². The summed E-state index contributed by atoms with van der Waals surface area (Å²) < 4.78 is 0. The van der Waals surface area contributed by atoms with Crippen molar-refractivity contribution < 1.29 is 0 Å². The number of anilines is 6.